The minimum absolute atomic E-state index is 0.0249. The van der Waals surface area contributed by atoms with E-state index in [0.29, 0.717) is 13.1 Å². The van der Waals surface area contributed by atoms with Crippen molar-refractivity contribution in [1.82, 2.24) is 10.2 Å². The number of carbonyl (C=O) groups is 2. The highest BCUT2D eigenvalue weighted by atomic mass is 19.1. The first-order valence-corrected chi connectivity index (χ1v) is 9.73. The number of nitrogens with zero attached hydrogens (tertiary/aromatic N) is 1. The summed E-state index contributed by atoms with van der Waals surface area (Å²) in [6.45, 7) is 6.79. The van der Waals surface area contributed by atoms with Crippen LogP contribution in [0, 0.1) is 19.7 Å². The van der Waals surface area contributed by atoms with Crippen molar-refractivity contribution in [3.05, 3.63) is 70.5 Å². The maximum Gasteiger partial charge on any atom is 0.239 e. The maximum absolute atomic E-state index is 13.2. The second kappa shape index (κ2) is 8.13. The second-order valence-electron chi connectivity index (χ2n) is 7.68. The molecule has 0 aromatic heterocycles. The van der Waals surface area contributed by atoms with Gasteiger partial charge in [-0.15, -0.1) is 0 Å². The van der Waals surface area contributed by atoms with Gasteiger partial charge in [-0.3, -0.25) is 9.59 Å². The fourth-order valence-corrected chi connectivity index (χ4v) is 3.66. The molecule has 1 aliphatic rings. The average molecular weight is 382 g/mol. The topological polar surface area (TPSA) is 49.4 Å². The molecule has 0 saturated heterocycles. The highest BCUT2D eigenvalue weighted by molar-refractivity contribution is 5.94. The van der Waals surface area contributed by atoms with Crippen molar-refractivity contribution in [3.63, 3.8) is 0 Å². The van der Waals surface area contributed by atoms with Gasteiger partial charge in [0.2, 0.25) is 11.8 Å². The number of rotatable bonds is 7. The summed E-state index contributed by atoms with van der Waals surface area (Å²) in [6.07, 6.45) is 1.64. The van der Waals surface area contributed by atoms with E-state index >= 15 is 0 Å². The molecule has 0 bridgehead atoms. The summed E-state index contributed by atoms with van der Waals surface area (Å²) in [4.78, 5) is 27.2. The normalized spacial score (nSPS) is 14.4. The van der Waals surface area contributed by atoms with Crippen LogP contribution in [0.1, 0.15) is 42.0 Å². The van der Waals surface area contributed by atoms with Crippen LogP contribution in [0.5, 0.6) is 0 Å². The fraction of sp³-hybridized carbons (Fsp3) is 0.391. The third-order valence-corrected chi connectivity index (χ3v) is 5.34. The lowest BCUT2D eigenvalue weighted by Crippen LogP contribution is -2.45. The van der Waals surface area contributed by atoms with Gasteiger partial charge in [-0.05, 0) is 56.9 Å². The van der Waals surface area contributed by atoms with Gasteiger partial charge in [0.1, 0.15) is 5.82 Å². The van der Waals surface area contributed by atoms with Crippen molar-refractivity contribution in [2.75, 3.05) is 13.1 Å². The number of nitrogens with one attached hydrogen (secondary N) is 1. The van der Waals surface area contributed by atoms with E-state index in [1.54, 1.807) is 17.0 Å². The number of amides is 2. The number of aryl methyl sites for hydroxylation is 2. The molecular weight excluding hydrogens is 355 g/mol. The van der Waals surface area contributed by atoms with Crippen LogP contribution < -0.4 is 5.32 Å². The van der Waals surface area contributed by atoms with Gasteiger partial charge < -0.3 is 10.2 Å². The van der Waals surface area contributed by atoms with Gasteiger partial charge in [0.05, 0.1) is 12.0 Å². The molecule has 0 aliphatic heterocycles. The van der Waals surface area contributed by atoms with Gasteiger partial charge in [-0.2, -0.15) is 0 Å². The van der Waals surface area contributed by atoms with Crippen LogP contribution in [-0.4, -0.2) is 29.8 Å². The maximum atomic E-state index is 13.2. The van der Waals surface area contributed by atoms with E-state index in [-0.39, 0.29) is 24.2 Å². The molecule has 2 aromatic rings. The summed E-state index contributed by atoms with van der Waals surface area (Å²) in [7, 11) is 0. The summed E-state index contributed by atoms with van der Waals surface area (Å²) in [5, 5.41) is 2.81. The van der Waals surface area contributed by atoms with Gasteiger partial charge in [0.25, 0.3) is 0 Å². The molecule has 0 spiro atoms. The molecule has 0 radical (unpaired) electrons. The Kier molecular flexibility index (Phi) is 5.82. The van der Waals surface area contributed by atoms with E-state index in [2.05, 4.69) is 23.5 Å². The van der Waals surface area contributed by atoms with E-state index in [1.165, 1.54) is 12.1 Å². The molecule has 0 atom stereocenters. The quantitative estimate of drug-likeness (QED) is 0.795. The molecule has 2 aromatic carbocycles. The van der Waals surface area contributed by atoms with Crippen molar-refractivity contribution in [1.29, 1.82) is 0 Å². The second-order valence-corrected chi connectivity index (χ2v) is 7.68. The van der Waals surface area contributed by atoms with Crippen LogP contribution in [-0.2, 0) is 21.5 Å². The molecular formula is C23H27FN2O2. The number of likely N-dealkylation sites (N-methyl/N-ethyl adjacent to an activating group) is 1. The summed E-state index contributed by atoms with van der Waals surface area (Å²) >= 11 is 0. The molecule has 148 valence electrons. The Morgan fingerprint density at radius 2 is 1.68 bits per heavy atom. The Balaban J connectivity index is 1.64. The van der Waals surface area contributed by atoms with Crippen molar-refractivity contribution in [2.24, 2.45) is 0 Å². The number of benzene rings is 2. The van der Waals surface area contributed by atoms with Gasteiger partial charge in [-0.25, -0.2) is 4.39 Å². The molecule has 28 heavy (non-hydrogen) atoms. The third-order valence-electron chi connectivity index (χ3n) is 5.34. The van der Waals surface area contributed by atoms with E-state index in [0.717, 1.165) is 35.1 Å². The summed E-state index contributed by atoms with van der Waals surface area (Å²) in [5.41, 5.74) is 3.69. The first-order chi connectivity index (χ1) is 13.3. The van der Waals surface area contributed by atoms with E-state index in [4.69, 9.17) is 0 Å². The Morgan fingerprint density at radius 3 is 2.21 bits per heavy atom. The number of hydrogen-bond acceptors (Lipinski definition) is 2. The fourth-order valence-electron chi connectivity index (χ4n) is 3.66. The molecule has 1 fully saturated rings. The number of carbonyl (C=O) groups excluding carboxylic acids is 2. The monoisotopic (exact) mass is 382 g/mol. The molecule has 5 heteroatoms. The van der Waals surface area contributed by atoms with Crippen LogP contribution in [0.4, 0.5) is 4.39 Å². The van der Waals surface area contributed by atoms with Crippen LogP contribution in [0.2, 0.25) is 0 Å². The standard InChI is InChI=1S/C23H27FN2O2/c1-4-26(15-21(27)25-14-18-5-7-20(24)8-6-18)22(28)23(9-10-23)19-12-16(2)11-17(3)13-19/h5-8,11-13H,4,9-10,14-15H2,1-3H3,(H,25,27). The van der Waals surface area contributed by atoms with Crippen LogP contribution in [0.3, 0.4) is 0 Å². The minimum Gasteiger partial charge on any atom is -0.350 e. The minimum atomic E-state index is -0.482. The predicted octanol–water partition coefficient (Wildman–Crippen LogP) is 3.64. The zero-order valence-electron chi connectivity index (χ0n) is 16.7. The lowest BCUT2D eigenvalue weighted by atomic mass is 9.91. The highest BCUT2D eigenvalue weighted by Crippen LogP contribution is 2.50. The van der Waals surface area contributed by atoms with Crippen LogP contribution in [0.25, 0.3) is 0 Å². The summed E-state index contributed by atoms with van der Waals surface area (Å²) in [6, 6.07) is 12.3. The molecule has 4 nitrogen and oxygen atoms in total. The Morgan fingerprint density at radius 1 is 1.07 bits per heavy atom. The average Bonchev–Trinajstić information content (AvgIpc) is 3.46. The van der Waals surface area contributed by atoms with Gasteiger partial charge in [0.15, 0.2) is 0 Å². The predicted molar refractivity (Wildman–Crippen MR) is 107 cm³/mol. The number of hydrogen-bond donors (Lipinski definition) is 1. The van der Waals surface area contributed by atoms with E-state index < -0.39 is 5.41 Å². The largest absolute Gasteiger partial charge is 0.350 e. The number of halogens is 1. The lowest BCUT2D eigenvalue weighted by Gasteiger charge is -2.26. The Hall–Kier alpha value is -2.69. The van der Waals surface area contributed by atoms with Crippen molar-refractivity contribution in [3.8, 4) is 0 Å². The zero-order chi connectivity index (χ0) is 20.3. The SMILES string of the molecule is CCN(CC(=O)NCc1ccc(F)cc1)C(=O)C1(c2cc(C)cc(C)c2)CC1. The first-order valence-electron chi connectivity index (χ1n) is 9.73. The Bertz CT molecular complexity index is 852. The third kappa shape index (κ3) is 4.41. The van der Waals surface area contributed by atoms with Crippen molar-refractivity contribution >= 4 is 11.8 Å². The molecule has 1 saturated carbocycles. The summed E-state index contributed by atoms with van der Waals surface area (Å²) in [5.74, 6) is -0.494. The smallest absolute Gasteiger partial charge is 0.239 e. The molecule has 1 aliphatic carbocycles. The van der Waals surface area contributed by atoms with E-state index in [9.17, 15) is 14.0 Å². The highest BCUT2D eigenvalue weighted by Gasteiger charge is 2.53. The molecule has 3 rings (SSSR count). The van der Waals surface area contributed by atoms with Gasteiger partial charge in [-0.1, -0.05) is 41.5 Å². The van der Waals surface area contributed by atoms with Crippen molar-refractivity contribution in [2.45, 2.75) is 45.6 Å². The van der Waals surface area contributed by atoms with E-state index in [1.807, 2.05) is 20.8 Å². The summed E-state index contributed by atoms with van der Waals surface area (Å²) < 4.78 is 13.0. The first kappa shape index (κ1) is 20.1. The van der Waals surface area contributed by atoms with Crippen LogP contribution >= 0.6 is 0 Å². The lowest BCUT2D eigenvalue weighted by molar-refractivity contribution is -0.138. The van der Waals surface area contributed by atoms with Gasteiger partial charge >= 0.3 is 0 Å². The molecule has 1 N–H and O–H groups in total. The van der Waals surface area contributed by atoms with Crippen LogP contribution in [0.15, 0.2) is 42.5 Å². The van der Waals surface area contributed by atoms with Gasteiger partial charge in [0, 0.05) is 13.1 Å². The molecule has 0 heterocycles. The molecule has 0 unspecified atom stereocenters. The van der Waals surface area contributed by atoms with Crippen molar-refractivity contribution < 1.29 is 14.0 Å². The Labute approximate surface area is 165 Å². The zero-order valence-corrected chi connectivity index (χ0v) is 16.7. The molecule has 2 amide bonds.